The van der Waals surface area contributed by atoms with Gasteiger partial charge in [-0.25, -0.2) is 4.39 Å². The molecule has 1 aliphatic rings. The molecule has 0 spiro atoms. The fourth-order valence-electron chi connectivity index (χ4n) is 3.73. The molecule has 0 aliphatic carbocycles. The first kappa shape index (κ1) is 19.2. The number of non-ortho nitro benzene ring substituents is 1. The van der Waals surface area contributed by atoms with Crippen LogP contribution in [0.4, 0.5) is 15.8 Å². The lowest BCUT2D eigenvalue weighted by Crippen LogP contribution is -2.41. The number of morpholine rings is 1. The number of nitro benzene ring substituents is 1. The molecular weight excluding hydrogens is 375 g/mol. The van der Waals surface area contributed by atoms with Crippen LogP contribution in [-0.4, -0.2) is 47.7 Å². The van der Waals surface area contributed by atoms with Crippen LogP contribution in [0, 0.1) is 15.9 Å². The number of fused-ring (bicyclic) bond motifs is 1. The van der Waals surface area contributed by atoms with Crippen LogP contribution in [0.2, 0.25) is 0 Å². The Hall–Kier alpha value is -3.10. The highest BCUT2D eigenvalue weighted by Crippen LogP contribution is 2.31. The number of aromatic nitrogens is 1. The zero-order valence-corrected chi connectivity index (χ0v) is 15.8. The minimum absolute atomic E-state index is 0.0200. The molecule has 4 rings (SSSR count). The van der Waals surface area contributed by atoms with Crippen LogP contribution in [-0.2, 0) is 4.74 Å². The smallest absolute Gasteiger partial charge is 0.278 e. The van der Waals surface area contributed by atoms with Gasteiger partial charge < -0.3 is 10.1 Å². The van der Waals surface area contributed by atoms with E-state index in [1.165, 1.54) is 24.4 Å². The van der Waals surface area contributed by atoms with E-state index in [9.17, 15) is 14.5 Å². The summed E-state index contributed by atoms with van der Waals surface area (Å²) in [6.07, 6.45) is 3.13. The van der Waals surface area contributed by atoms with E-state index in [4.69, 9.17) is 4.74 Å². The molecule has 0 bridgehead atoms. The maximum Gasteiger partial charge on any atom is 0.278 e. The van der Waals surface area contributed by atoms with Gasteiger partial charge in [-0.2, -0.15) is 0 Å². The molecule has 1 saturated heterocycles. The highest BCUT2D eigenvalue weighted by Gasteiger charge is 2.23. The lowest BCUT2D eigenvalue weighted by Gasteiger charge is -2.35. The number of anilines is 1. The molecule has 2 aromatic carbocycles. The van der Waals surface area contributed by atoms with E-state index in [1.807, 2.05) is 0 Å². The molecule has 7 nitrogen and oxygen atoms in total. The second kappa shape index (κ2) is 8.50. The number of halogens is 1. The van der Waals surface area contributed by atoms with Crippen molar-refractivity contribution in [1.82, 2.24) is 9.88 Å². The summed E-state index contributed by atoms with van der Waals surface area (Å²) in [6.45, 7) is 3.46. The Morgan fingerprint density at radius 2 is 1.90 bits per heavy atom. The van der Waals surface area contributed by atoms with E-state index < -0.39 is 4.92 Å². The van der Waals surface area contributed by atoms with Gasteiger partial charge >= 0.3 is 0 Å². The molecule has 3 aromatic rings. The van der Waals surface area contributed by atoms with Gasteiger partial charge in [-0.3, -0.25) is 20.0 Å². The number of hydrogen-bond acceptors (Lipinski definition) is 6. The first-order chi connectivity index (χ1) is 14.1. The molecule has 1 fully saturated rings. The zero-order chi connectivity index (χ0) is 20.2. The number of nitrogens with zero attached hydrogens (tertiary/aromatic N) is 3. The lowest BCUT2D eigenvalue weighted by molar-refractivity contribution is -0.383. The Kier molecular flexibility index (Phi) is 5.64. The summed E-state index contributed by atoms with van der Waals surface area (Å²) in [5, 5.41) is 16.0. The average molecular weight is 396 g/mol. The molecular formula is C21H21FN4O3. The minimum atomic E-state index is -0.400. The van der Waals surface area contributed by atoms with E-state index in [0.29, 0.717) is 25.1 Å². The second-order valence-corrected chi connectivity index (χ2v) is 6.91. The number of hydrogen-bond donors (Lipinski definition) is 1. The molecule has 1 aromatic heterocycles. The molecule has 1 aliphatic heterocycles. The number of nitro groups is 1. The fraction of sp³-hybridized carbons (Fsp3) is 0.286. The third kappa shape index (κ3) is 4.18. The molecule has 150 valence electrons. The van der Waals surface area contributed by atoms with Crippen LogP contribution in [0.3, 0.4) is 0 Å². The Balaban J connectivity index is 1.63. The molecule has 8 heteroatoms. The number of ether oxygens (including phenoxy) is 1. The van der Waals surface area contributed by atoms with E-state index in [0.717, 1.165) is 29.7 Å². The van der Waals surface area contributed by atoms with Gasteiger partial charge in [-0.05, 0) is 29.8 Å². The van der Waals surface area contributed by atoms with Crippen molar-refractivity contribution in [2.24, 2.45) is 0 Å². The Morgan fingerprint density at radius 3 is 2.62 bits per heavy atom. The summed E-state index contributed by atoms with van der Waals surface area (Å²) in [5.41, 5.74) is 1.84. The SMILES string of the molecule is O=[N+]([O-])c1ccc(NC[C@@H](c2ccc(F)cc2)N2CCOCC2)c2ccncc12. The number of benzene rings is 2. The van der Waals surface area contributed by atoms with E-state index >= 15 is 0 Å². The highest BCUT2D eigenvalue weighted by atomic mass is 19.1. The minimum Gasteiger partial charge on any atom is -0.383 e. The summed E-state index contributed by atoms with van der Waals surface area (Å²) in [7, 11) is 0. The second-order valence-electron chi connectivity index (χ2n) is 6.91. The molecule has 0 saturated carbocycles. The zero-order valence-electron chi connectivity index (χ0n) is 15.8. The summed E-state index contributed by atoms with van der Waals surface area (Å²) in [5.74, 6) is -0.267. The van der Waals surface area contributed by atoms with Gasteiger partial charge in [0.1, 0.15) is 5.82 Å². The number of rotatable bonds is 6. The van der Waals surface area contributed by atoms with Crippen LogP contribution in [0.25, 0.3) is 10.8 Å². The maximum absolute atomic E-state index is 13.4. The van der Waals surface area contributed by atoms with Crippen molar-refractivity contribution < 1.29 is 14.1 Å². The first-order valence-corrected chi connectivity index (χ1v) is 9.46. The van der Waals surface area contributed by atoms with Crippen LogP contribution in [0.5, 0.6) is 0 Å². The molecule has 0 amide bonds. The van der Waals surface area contributed by atoms with Gasteiger partial charge in [0.15, 0.2) is 0 Å². The maximum atomic E-state index is 13.4. The summed E-state index contributed by atoms with van der Waals surface area (Å²) in [4.78, 5) is 17.3. The fourth-order valence-corrected chi connectivity index (χ4v) is 3.73. The topological polar surface area (TPSA) is 80.5 Å². The predicted octanol–water partition coefficient (Wildman–Crippen LogP) is 3.77. The van der Waals surface area contributed by atoms with Gasteiger partial charge in [0.05, 0.1) is 29.6 Å². The van der Waals surface area contributed by atoms with E-state index in [-0.39, 0.29) is 17.5 Å². The molecule has 1 atom stereocenters. The summed E-state index contributed by atoms with van der Waals surface area (Å²) in [6, 6.07) is 11.5. The van der Waals surface area contributed by atoms with Crippen molar-refractivity contribution in [3.63, 3.8) is 0 Å². The predicted molar refractivity (Wildman–Crippen MR) is 108 cm³/mol. The average Bonchev–Trinajstić information content (AvgIpc) is 2.75. The van der Waals surface area contributed by atoms with Crippen molar-refractivity contribution in [3.05, 3.63) is 76.4 Å². The van der Waals surface area contributed by atoms with Gasteiger partial charge in [-0.1, -0.05) is 12.1 Å². The number of nitrogens with one attached hydrogen (secondary N) is 1. The normalized spacial score (nSPS) is 15.9. The van der Waals surface area contributed by atoms with Crippen LogP contribution < -0.4 is 5.32 Å². The van der Waals surface area contributed by atoms with Gasteiger partial charge in [0.25, 0.3) is 5.69 Å². The molecule has 2 heterocycles. The van der Waals surface area contributed by atoms with Gasteiger partial charge in [0.2, 0.25) is 0 Å². The van der Waals surface area contributed by atoms with E-state index in [2.05, 4.69) is 15.2 Å². The van der Waals surface area contributed by atoms with Crippen molar-refractivity contribution in [2.45, 2.75) is 6.04 Å². The Labute approximate surface area is 167 Å². The molecule has 0 unspecified atom stereocenters. The van der Waals surface area contributed by atoms with Crippen LogP contribution in [0.15, 0.2) is 54.9 Å². The monoisotopic (exact) mass is 396 g/mol. The van der Waals surface area contributed by atoms with Gasteiger partial charge in [-0.15, -0.1) is 0 Å². The third-order valence-corrected chi connectivity index (χ3v) is 5.22. The highest BCUT2D eigenvalue weighted by molar-refractivity contribution is 5.99. The van der Waals surface area contributed by atoms with E-state index in [1.54, 1.807) is 30.5 Å². The largest absolute Gasteiger partial charge is 0.383 e. The molecule has 29 heavy (non-hydrogen) atoms. The summed E-state index contributed by atoms with van der Waals surface area (Å²) >= 11 is 0. The molecule has 1 N–H and O–H groups in total. The first-order valence-electron chi connectivity index (χ1n) is 9.46. The lowest BCUT2D eigenvalue weighted by atomic mass is 10.0. The summed E-state index contributed by atoms with van der Waals surface area (Å²) < 4.78 is 18.9. The Morgan fingerprint density at radius 1 is 1.14 bits per heavy atom. The Bertz CT molecular complexity index is 1010. The standard InChI is InChI=1S/C21H21FN4O3/c22-16-3-1-15(2-4-16)21(25-9-11-29-12-10-25)14-24-19-5-6-20(26(27)28)18-13-23-8-7-17(18)19/h1-8,13,21,24H,9-12,14H2/t21-/m0/s1. The van der Waals surface area contributed by atoms with Crippen molar-refractivity contribution in [1.29, 1.82) is 0 Å². The van der Waals surface area contributed by atoms with Gasteiger partial charge in [0, 0.05) is 49.2 Å². The van der Waals surface area contributed by atoms with Crippen molar-refractivity contribution >= 4 is 22.1 Å². The quantitative estimate of drug-likeness (QED) is 0.505. The third-order valence-electron chi connectivity index (χ3n) is 5.22. The van der Waals surface area contributed by atoms with Crippen LogP contribution in [0.1, 0.15) is 11.6 Å². The molecule has 0 radical (unpaired) electrons. The number of pyridine rings is 1. The van der Waals surface area contributed by atoms with Crippen molar-refractivity contribution in [2.75, 3.05) is 38.2 Å². The van der Waals surface area contributed by atoms with Crippen LogP contribution >= 0.6 is 0 Å². The van der Waals surface area contributed by atoms with Crippen molar-refractivity contribution in [3.8, 4) is 0 Å².